The van der Waals surface area contributed by atoms with Crippen molar-refractivity contribution >= 4 is 15.7 Å². The SMILES string of the molecule is COc1cc(NS(=O)(=O)c2ccc(C)cc2)c(F)c(C(F)(F)F)c1. The van der Waals surface area contributed by atoms with Gasteiger partial charge >= 0.3 is 6.18 Å². The van der Waals surface area contributed by atoms with Crippen LogP contribution in [0.15, 0.2) is 41.3 Å². The molecule has 130 valence electrons. The Hall–Kier alpha value is -2.29. The van der Waals surface area contributed by atoms with Crippen LogP contribution in [0.1, 0.15) is 11.1 Å². The fourth-order valence-corrected chi connectivity index (χ4v) is 2.97. The van der Waals surface area contributed by atoms with Crippen LogP contribution < -0.4 is 9.46 Å². The maximum atomic E-state index is 14.1. The first kappa shape index (κ1) is 18.1. The lowest BCUT2D eigenvalue weighted by Gasteiger charge is -2.15. The number of rotatable bonds is 4. The van der Waals surface area contributed by atoms with E-state index in [0.29, 0.717) is 6.07 Å². The first-order valence-corrected chi connectivity index (χ1v) is 8.07. The topological polar surface area (TPSA) is 55.4 Å². The molecule has 2 rings (SSSR count). The van der Waals surface area contributed by atoms with Gasteiger partial charge in [0.15, 0.2) is 5.82 Å². The fourth-order valence-electron chi connectivity index (χ4n) is 1.92. The molecule has 0 aliphatic carbocycles. The Kier molecular flexibility index (Phi) is 4.75. The second-order valence-corrected chi connectivity index (χ2v) is 6.64. The molecule has 0 spiro atoms. The molecule has 0 amide bonds. The largest absolute Gasteiger partial charge is 0.497 e. The molecule has 0 radical (unpaired) electrons. The predicted molar refractivity (Wildman–Crippen MR) is 79.9 cm³/mol. The first-order chi connectivity index (χ1) is 11.0. The lowest BCUT2D eigenvalue weighted by atomic mass is 10.1. The van der Waals surface area contributed by atoms with Gasteiger partial charge in [0.2, 0.25) is 0 Å². The van der Waals surface area contributed by atoms with Crippen LogP contribution in [0.2, 0.25) is 0 Å². The van der Waals surface area contributed by atoms with Crippen molar-refractivity contribution in [3.8, 4) is 5.75 Å². The number of alkyl halides is 3. The number of sulfonamides is 1. The van der Waals surface area contributed by atoms with E-state index < -0.39 is 33.3 Å². The zero-order chi connectivity index (χ0) is 18.1. The van der Waals surface area contributed by atoms with E-state index >= 15 is 0 Å². The van der Waals surface area contributed by atoms with Crippen molar-refractivity contribution in [2.24, 2.45) is 0 Å². The smallest absolute Gasteiger partial charge is 0.419 e. The molecule has 0 heterocycles. The number of hydrogen-bond donors (Lipinski definition) is 1. The Morgan fingerprint density at radius 1 is 1.08 bits per heavy atom. The summed E-state index contributed by atoms with van der Waals surface area (Å²) >= 11 is 0. The molecule has 24 heavy (non-hydrogen) atoms. The molecule has 2 aromatic carbocycles. The van der Waals surface area contributed by atoms with Crippen LogP contribution in [0.25, 0.3) is 0 Å². The van der Waals surface area contributed by atoms with Crippen LogP contribution in [0.5, 0.6) is 5.75 Å². The third kappa shape index (κ3) is 3.78. The summed E-state index contributed by atoms with van der Waals surface area (Å²) < 4.78 is 83.7. The molecule has 0 aliphatic rings. The maximum absolute atomic E-state index is 14.1. The number of benzene rings is 2. The molecule has 0 bridgehead atoms. The number of nitrogens with one attached hydrogen (secondary N) is 1. The molecular formula is C15H13F4NO3S. The van der Waals surface area contributed by atoms with Crippen LogP contribution in [-0.2, 0) is 16.2 Å². The number of hydrogen-bond acceptors (Lipinski definition) is 3. The van der Waals surface area contributed by atoms with Gasteiger partial charge in [0.25, 0.3) is 10.0 Å². The minimum absolute atomic E-state index is 0.205. The van der Waals surface area contributed by atoms with Gasteiger partial charge in [-0.1, -0.05) is 17.7 Å². The highest BCUT2D eigenvalue weighted by Crippen LogP contribution is 2.37. The van der Waals surface area contributed by atoms with E-state index in [1.54, 1.807) is 6.92 Å². The van der Waals surface area contributed by atoms with Gasteiger partial charge in [0, 0.05) is 6.07 Å². The first-order valence-electron chi connectivity index (χ1n) is 6.59. The molecule has 4 nitrogen and oxygen atoms in total. The standard InChI is InChI=1S/C15H13F4NO3S/c1-9-3-5-11(6-4-9)24(21,22)20-13-8-10(23-2)7-12(14(13)16)15(17,18)19/h3-8,20H,1-2H3. The Morgan fingerprint density at radius 3 is 2.17 bits per heavy atom. The van der Waals surface area contributed by atoms with Crippen LogP contribution in [0.3, 0.4) is 0 Å². The van der Waals surface area contributed by atoms with E-state index in [4.69, 9.17) is 0 Å². The third-order valence-electron chi connectivity index (χ3n) is 3.16. The van der Waals surface area contributed by atoms with E-state index in [2.05, 4.69) is 4.74 Å². The summed E-state index contributed by atoms with van der Waals surface area (Å²) in [6.45, 7) is 1.74. The van der Waals surface area contributed by atoms with Crippen molar-refractivity contribution in [2.45, 2.75) is 18.0 Å². The number of ether oxygens (including phenoxy) is 1. The van der Waals surface area contributed by atoms with Crippen molar-refractivity contribution < 1.29 is 30.7 Å². The molecular weight excluding hydrogens is 350 g/mol. The highest BCUT2D eigenvalue weighted by atomic mass is 32.2. The van der Waals surface area contributed by atoms with Gasteiger partial charge < -0.3 is 4.74 Å². The van der Waals surface area contributed by atoms with E-state index in [1.807, 2.05) is 4.72 Å². The van der Waals surface area contributed by atoms with Crippen molar-refractivity contribution in [3.63, 3.8) is 0 Å². The summed E-state index contributed by atoms with van der Waals surface area (Å²) in [6.07, 6.45) is -5.00. The molecule has 0 aromatic heterocycles. The lowest BCUT2D eigenvalue weighted by Crippen LogP contribution is -2.17. The molecule has 2 aromatic rings. The second-order valence-electron chi connectivity index (χ2n) is 4.95. The van der Waals surface area contributed by atoms with Crippen molar-refractivity contribution in [2.75, 3.05) is 11.8 Å². The van der Waals surface area contributed by atoms with Gasteiger partial charge in [-0.15, -0.1) is 0 Å². The van der Waals surface area contributed by atoms with Crippen LogP contribution in [-0.4, -0.2) is 15.5 Å². The maximum Gasteiger partial charge on any atom is 0.419 e. The van der Waals surface area contributed by atoms with Gasteiger partial charge in [0.05, 0.1) is 23.3 Å². The molecule has 0 unspecified atom stereocenters. The Morgan fingerprint density at radius 2 is 1.67 bits per heavy atom. The quantitative estimate of drug-likeness (QED) is 0.837. The number of halogens is 4. The van der Waals surface area contributed by atoms with E-state index in [9.17, 15) is 26.0 Å². The van der Waals surface area contributed by atoms with Gasteiger partial charge in [-0.25, -0.2) is 12.8 Å². The normalized spacial score (nSPS) is 12.1. The zero-order valence-electron chi connectivity index (χ0n) is 12.6. The lowest BCUT2D eigenvalue weighted by molar-refractivity contribution is -0.140. The number of aryl methyl sites for hydroxylation is 1. The Labute approximate surface area is 136 Å². The predicted octanol–water partition coefficient (Wildman–Crippen LogP) is 3.96. The molecule has 1 N–H and O–H groups in total. The summed E-state index contributed by atoms with van der Waals surface area (Å²) in [6, 6.07) is 6.85. The summed E-state index contributed by atoms with van der Waals surface area (Å²) in [5.74, 6) is -2.05. The van der Waals surface area contributed by atoms with Crippen molar-refractivity contribution in [1.82, 2.24) is 0 Å². The van der Waals surface area contributed by atoms with Gasteiger partial charge in [-0.2, -0.15) is 13.2 Å². The Balaban J connectivity index is 2.51. The fraction of sp³-hybridized carbons (Fsp3) is 0.200. The highest BCUT2D eigenvalue weighted by Gasteiger charge is 2.36. The molecule has 0 fully saturated rings. The zero-order valence-corrected chi connectivity index (χ0v) is 13.4. The van der Waals surface area contributed by atoms with E-state index in [0.717, 1.165) is 18.7 Å². The molecule has 9 heteroatoms. The minimum atomic E-state index is -5.00. The van der Waals surface area contributed by atoms with Crippen molar-refractivity contribution in [3.05, 3.63) is 53.3 Å². The summed E-state index contributed by atoms with van der Waals surface area (Å²) in [7, 11) is -3.16. The van der Waals surface area contributed by atoms with Gasteiger partial charge in [-0.05, 0) is 25.1 Å². The van der Waals surface area contributed by atoms with Gasteiger partial charge in [-0.3, -0.25) is 4.72 Å². The van der Waals surface area contributed by atoms with Crippen molar-refractivity contribution in [1.29, 1.82) is 0 Å². The molecule has 0 saturated carbocycles. The number of methoxy groups -OCH3 is 1. The minimum Gasteiger partial charge on any atom is -0.497 e. The average Bonchev–Trinajstić information content (AvgIpc) is 2.48. The van der Waals surface area contributed by atoms with E-state index in [1.165, 1.54) is 24.3 Å². The summed E-state index contributed by atoms with van der Waals surface area (Å²) in [5, 5.41) is 0. The van der Waals surface area contributed by atoms with Crippen LogP contribution in [0.4, 0.5) is 23.2 Å². The number of anilines is 1. The Bertz CT molecular complexity index is 846. The van der Waals surface area contributed by atoms with Crippen LogP contribution >= 0.6 is 0 Å². The monoisotopic (exact) mass is 363 g/mol. The molecule has 0 aliphatic heterocycles. The highest BCUT2D eigenvalue weighted by molar-refractivity contribution is 7.92. The molecule has 0 saturated heterocycles. The molecule has 0 atom stereocenters. The average molecular weight is 363 g/mol. The van der Waals surface area contributed by atoms with E-state index in [-0.39, 0.29) is 10.6 Å². The van der Waals surface area contributed by atoms with Gasteiger partial charge in [0.1, 0.15) is 5.75 Å². The van der Waals surface area contributed by atoms with Crippen LogP contribution in [0, 0.1) is 12.7 Å². The second kappa shape index (κ2) is 6.31. The summed E-state index contributed by atoms with van der Waals surface area (Å²) in [4.78, 5) is -0.205. The summed E-state index contributed by atoms with van der Waals surface area (Å²) in [5.41, 5.74) is -1.67. The third-order valence-corrected chi connectivity index (χ3v) is 4.54.